The van der Waals surface area contributed by atoms with Crippen molar-refractivity contribution in [1.29, 1.82) is 0 Å². The van der Waals surface area contributed by atoms with Crippen LogP contribution in [0.1, 0.15) is 59.4 Å². The number of hydrogen-bond donors (Lipinski definition) is 2. The van der Waals surface area contributed by atoms with Gasteiger partial charge < -0.3 is 14.4 Å². The van der Waals surface area contributed by atoms with Crippen LogP contribution >= 0.6 is 22.9 Å². The summed E-state index contributed by atoms with van der Waals surface area (Å²) in [5.41, 5.74) is 6.98. The number of carbonyl (C=O) groups excluding carboxylic acids is 1. The predicted octanol–water partition coefficient (Wildman–Crippen LogP) is 8.35. The molecule has 2 atom stereocenters. The molecule has 0 bridgehead atoms. The lowest BCUT2D eigenvalue weighted by Crippen LogP contribution is -2.27. The van der Waals surface area contributed by atoms with E-state index in [9.17, 15) is 9.00 Å². The van der Waals surface area contributed by atoms with Crippen molar-refractivity contribution in [3.63, 3.8) is 0 Å². The average molecular weight is 633 g/mol. The van der Waals surface area contributed by atoms with Gasteiger partial charge in [0.25, 0.3) is 5.91 Å². The van der Waals surface area contributed by atoms with E-state index in [1.165, 1.54) is 5.56 Å². The number of benzene rings is 3. The van der Waals surface area contributed by atoms with E-state index < -0.39 is 11.1 Å². The largest absolute Gasteiger partial charge is 0.355 e. The molecular formula is C34H33ClN2O4S2. The molecule has 2 heterocycles. The summed E-state index contributed by atoms with van der Waals surface area (Å²) in [6, 6.07) is 28.0. The van der Waals surface area contributed by atoms with Crippen LogP contribution in [-0.4, -0.2) is 32.1 Å². The Morgan fingerprint density at radius 3 is 2.35 bits per heavy atom. The Morgan fingerprint density at radius 2 is 1.70 bits per heavy atom. The third-order valence-electron chi connectivity index (χ3n) is 7.30. The molecule has 0 saturated carbocycles. The predicted molar refractivity (Wildman–Crippen MR) is 175 cm³/mol. The Balaban J connectivity index is 1.40. The zero-order valence-electron chi connectivity index (χ0n) is 24.2. The number of amides is 1. The van der Waals surface area contributed by atoms with Crippen molar-refractivity contribution in [2.24, 2.45) is 0 Å². The first-order chi connectivity index (χ1) is 20.6. The van der Waals surface area contributed by atoms with E-state index >= 15 is 0 Å². The van der Waals surface area contributed by atoms with Gasteiger partial charge in [0.15, 0.2) is 16.8 Å². The molecule has 5 aromatic rings. The van der Waals surface area contributed by atoms with Gasteiger partial charge in [-0.2, -0.15) is 0 Å². The van der Waals surface area contributed by atoms with Crippen molar-refractivity contribution >= 4 is 39.9 Å². The highest BCUT2D eigenvalue weighted by Crippen LogP contribution is 2.36. The fourth-order valence-corrected chi connectivity index (χ4v) is 6.09. The smallest absolute Gasteiger partial charge is 0.251 e. The van der Waals surface area contributed by atoms with E-state index in [1.807, 2.05) is 42.5 Å². The quantitative estimate of drug-likeness (QED) is 0.151. The summed E-state index contributed by atoms with van der Waals surface area (Å²) >= 11 is 5.73. The number of aromatic nitrogens is 1. The van der Waals surface area contributed by atoms with Gasteiger partial charge in [-0.1, -0.05) is 86.1 Å². The van der Waals surface area contributed by atoms with Crippen LogP contribution in [0.25, 0.3) is 21.8 Å². The number of rotatable bonds is 10. The Morgan fingerprint density at radius 1 is 1.00 bits per heavy atom. The summed E-state index contributed by atoms with van der Waals surface area (Å²) in [4.78, 5) is 13.4. The average Bonchev–Trinajstić information content (AvgIpc) is 3.67. The maximum absolute atomic E-state index is 12.4. The fraction of sp³-hybridized carbons (Fsp3) is 0.235. The van der Waals surface area contributed by atoms with Crippen molar-refractivity contribution in [3.8, 4) is 21.8 Å². The summed E-state index contributed by atoms with van der Waals surface area (Å²) in [5.74, 6) is 0.364. The molecule has 3 aromatic carbocycles. The second-order valence-electron chi connectivity index (χ2n) is 11.4. The topological polar surface area (TPSA) is 92.4 Å². The van der Waals surface area contributed by atoms with Crippen molar-refractivity contribution in [2.45, 2.75) is 38.5 Å². The van der Waals surface area contributed by atoms with E-state index in [-0.39, 0.29) is 29.5 Å². The third kappa shape index (κ3) is 7.89. The molecule has 5 rings (SSSR count). The minimum atomic E-state index is -1.94. The fourth-order valence-electron chi connectivity index (χ4n) is 4.82. The minimum absolute atomic E-state index is 0.00684. The molecule has 6 nitrogen and oxygen atoms in total. The second kappa shape index (κ2) is 13.4. The zero-order valence-corrected chi connectivity index (χ0v) is 26.6. The number of nitrogens with one attached hydrogen (secondary N) is 1. The Labute approximate surface area is 263 Å². The van der Waals surface area contributed by atoms with Crippen LogP contribution in [0, 0.1) is 0 Å². The van der Waals surface area contributed by atoms with Crippen molar-refractivity contribution in [2.75, 3.05) is 12.3 Å². The van der Waals surface area contributed by atoms with Gasteiger partial charge in [-0.05, 0) is 75.4 Å². The first-order valence-corrected chi connectivity index (χ1v) is 16.5. The molecule has 2 N–H and O–H groups in total. The highest BCUT2D eigenvalue weighted by atomic mass is 35.5. The zero-order chi connectivity index (χ0) is 30.6. The van der Waals surface area contributed by atoms with Crippen LogP contribution < -0.4 is 5.32 Å². The molecule has 0 aliphatic heterocycles. The van der Waals surface area contributed by atoms with Crippen LogP contribution in [0.3, 0.4) is 0 Å². The highest BCUT2D eigenvalue weighted by molar-refractivity contribution is 7.79. The number of carbonyl (C=O) groups is 1. The third-order valence-corrected chi connectivity index (χ3v) is 9.05. The lowest BCUT2D eigenvalue weighted by Gasteiger charge is -2.21. The van der Waals surface area contributed by atoms with Crippen LogP contribution in [0.15, 0.2) is 94.8 Å². The maximum atomic E-state index is 12.4. The lowest BCUT2D eigenvalue weighted by atomic mass is 9.83. The summed E-state index contributed by atoms with van der Waals surface area (Å²) in [6.45, 7) is 6.73. The first-order valence-electron chi connectivity index (χ1n) is 13.9. The van der Waals surface area contributed by atoms with E-state index in [4.69, 9.17) is 20.7 Å². The molecule has 2 aromatic heterocycles. The molecule has 0 aliphatic carbocycles. The highest BCUT2D eigenvalue weighted by Gasteiger charge is 2.22. The minimum Gasteiger partial charge on any atom is -0.355 e. The monoisotopic (exact) mass is 632 g/mol. The Kier molecular flexibility index (Phi) is 9.62. The second-order valence-corrected chi connectivity index (χ2v) is 13.8. The van der Waals surface area contributed by atoms with Crippen molar-refractivity contribution in [3.05, 3.63) is 123 Å². The maximum Gasteiger partial charge on any atom is 0.251 e. The molecule has 43 heavy (non-hydrogen) atoms. The molecule has 2 unspecified atom stereocenters. The normalized spacial score (nSPS) is 13.0. The lowest BCUT2D eigenvalue weighted by molar-refractivity contribution is 0.0956. The molecule has 0 fully saturated rings. The van der Waals surface area contributed by atoms with Crippen LogP contribution in [0.2, 0.25) is 5.02 Å². The molecular weight excluding hydrogens is 600 g/mol. The molecule has 222 valence electrons. The van der Waals surface area contributed by atoms with Gasteiger partial charge in [0.1, 0.15) is 0 Å². The Bertz CT molecular complexity index is 1700. The van der Waals surface area contributed by atoms with Gasteiger partial charge in [0.05, 0.1) is 16.3 Å². The number of nitrogens with zero attached hydrogens (tertiary/aromatic N) is 1. The van der Waals surface area contributed by atoms with E-state index in [2.05, 4.69) is 67.0 Å². The SMILES string of the molecule is CC(C)(C)c1ccc(C(Cc2ccc(C(=O)NCCS(=O)O)cc2)c2cc(-c3cc(-c4ccc(Cl)cc4)cs3)on2)cc1. The number of thiophene rings is 1. The van der Waals surface area contributed by atoms with Crippen LogP contribution in [0.4, 0.5) is 0 Å². The molecule has 9 heteroatoms. The van der Waals surface area contributed by atoms with Gasteiger partial charge >= 0.3 is 0 Å². The molecule has 0 aliphatic rings. The van der Waals surface area contributed by atoms with E-state index in [0.717, 1.165) is 32.8 Å². The summed E-state index contributed by atoms with van der Waals surface area (Å²) < 4.78 is 25.7. The van der Waals surface area contributed by atoms with E-state index in [0.29, 0.717) is 22.8 Å². The standard InChI is InChI=1S/C34H33ClN2O4S2/c1-34(2,3)27-12-8-24(9-13-27)29(18-22-4-6-25(7-5-22)33(38)36-16-17-43(39)40)30-20-31(41-37-30)32-19-26(21-42-32)23-10-14-28(35)15-11-23/h4-15,19-21,29H,16-18H2,1-3H3,(H,36,38)(H,39,40). The summed E-state index contributed by atoms with van der Waals surface area (Å²) in [7, 11) is 0. The van der Waals surface area contributed by atoms with Crippen molar-refractivity contribution in [1.82, 2.24) is 10.5 Å². The van der Waals surface area contributed by atoms with Gasteiger partial charge in [-0.3, -0.25) is 4.79 Å². The summed E-state index contributed by atoms with van der Waals surface area (Å²) in [5, 5.41) is 10.0. The van der Waals surface area contributed by atoms with Crippen LogP contribution in [-0.2, 0) is 22.9 Å². The molecule has 0 radical (unpaired) electrons. The molecule has 0 spiro atoms. The first kappa shape index (κ1) is 30.9. The van der Waals surface area contributed by atoms with Gasteiger partial charge in [0.2, 0.25) is 0 Å². The number of halogens is 1. The van der Waals surface area contributed by atoms with E-state index in [1.54, 1.807) is 23.5 Å². The molecule has 1 amide bonds. The van der Waals surface area contributed by atoms with Crippen molar-refractivity contribution < 1.29 is 18.1 Å². The molecule has 0 saturated heterocycles. The van der Waals surface area contributed by atoms with Gasteiger partial charge in [-0.15, -0.1) is 11.3 Å². The van der Waals surface area contributed by atoms with Crippen LogP contribution in [0.5, 0.6) is 0 Å². The Hall–Kier alpha value is -3.56. The van der Waals surface area contributed by atoms with Gasteiger partial charge in [0, 0.05) is 29.1 Å². The number of hydrogen-bond acceptors (Lipinski definition) is 5. The van der Waals surface area contributed by atoms with Gasteiger partial charge in [-0.25, -0.2) is 4.21 Å². The summed E-state index contributed by atoms with van der Waals surface area (Å²) in [6.07, 6.45) is 0.659.